The maximum absolute atomic E-state index is 14.0. The molecule has 1 aliphatic heterocycles. The van der Waals surface area contributed by atoms with Gasteiger partial charge in [0.1, 0.15) is 6.10 Å². The summed E-state index contributed by atoms with van der Waals surface area (Å²) in [5, 5.41) is 2.68. The second-order valence-electron chi connectivity index (χ2n) is 6.10. The molecular formula is C16H17F3N4O2S. The van der Waals surface area contributed by atoms with Crippen LogP contribution < -0.4 is 10.1 Å². The number of rotatable bonds is 5. The Kier molecular flexibility index (Phi) is 5.42. The van der Waals surface area contributed by atoms with E-state index < -0.39 is 17.6 Å². The molecule has 140 valence electrons. The molecule has 6 nitrogen and oxygen atoms in total. The average Bonchev–Trinajstić information content (AvgIpc) is 3.06. The van der Waals surface area contributed by atoms with Crippen LogP contribution in [-0.4, -0.2) is 39.5 Å². The first kappa shape index (κ1) is 18.6. The van der Waals surface area contributed by atoms with Crippen LogP contribution in [0.25, 0.3) is 0 Å². The fraction of sp³-hybridized carbons (Fsp3) is 0.438. The van der Waals surface area contributed by atoms with Gasteiger partial charge in [0, 0.05) is 38.5 Å². The number of hydrogen-bond acceptors (Lipinski definition) is 6. The Hall–Kier alpha value is -2.20. The van der Waals surface area contributed by atoms with E-state index in [1.165, 1.54) is 6.92 Å². The Morgan fingerprint density at radius 2 is 2.19 bits per heavy atom. The van der Waals surface area contributed by atoms with Crippen LogP contribution in [0, 0.1) is 17.6 Å². The maximum atomic E-state index is 14.0. The zero-order valence-electron chi connectivity index (χ0n) is 14.1. The number of likely N-dealkylation sites (tertiary alicyclic amines) is 1. The third kappa shape index (κ3) is 4.31. The molecule has 1 unspecified atom stereocenters. The minimum atomic E-state index is -1.03. The Labute approximate surface area is 152 Å². The molecule has 3 rings (SSSR count). The van der Waals surface area contributed by atoms with E-state index in [0.717, 1.165) is 23.6 Å². The molecule has 0 bridgehead atoms. The molecule has 2 aromatic rings. The highest BCUT2D eigenvalue weighted by atomic mass is 32.1. The van der Waals surface area contributed by atoms with Gasteiger partial charge in [0.2, 0.25) is 17.7 Å². The summed E-state index contributed by atoms with van der Waals surface area (Å²) >= 11 is 1.08. The highest BCUT2D eigenvalue weighted by Gasteiger charge is 2.32. The molecule has 0 aromatic carbocycles. The lowest BCUT2D eigenvalue weighted by atomic mass is 10.2. The molecule has 3 heterocycles. The first-order valence-corrected chi connectivity index (χ1v) is 8.78. The summed E-state index contributed by atoms with van der Waals surface area (Å²) in [6, 6.07) is 1.00. The van der Waals surface area contributed by atoms with Crippen molar-refractivity contribution >= 4 is 22.4 Å². The normalized spacial score (nSPS) is 20.3. The van der Waals surface area contributed by atoms with Crippen molar-refractivity contribution in [3.05, 3.63) is 34.7 Å². The van der Waals surface area contributed by atoms with Crippen molar-refractivity contribution in [1.29, 1.82) is 0 Å². The zero-order valence-corrected chi connectivity index (χ0v) is 14.9. The monoisotopic (exact) mass is 386 g/mol. The standard InChI is InChI=1S/C16H17F3N4O2S/c1-8-3-10(25-14-4-11(17)12(18)5-20-14)6-23(8)7-13-15(19)22-16(26-13)21-9(2)24/h4-5,8,10H,3,6-7H2,1-2H3,(H,21,22,24)/t8-,10?/m0/s1. The summed E-state index contributed by atoms with van der Waals surface area (Å²) in [7, 11) is 0. The number of halogens is 3. The average molecular weight is 386 g/mol. The number of nitrogens with zero attached hydrogens (tertiary/aromatic N) is 3. The minimum Gasteiger partial charge on any atom is -0.473 e. The van der Waals surface area contributed by atoms with E-state index in [1.54, 1.807) is 0 Å². The van der Waals surface area contributed by atoms with Crippen molar-refractivity contribution < 1.29 is 22.7 Å². The van der Waals surface area contributed by atoms with Gasteiger partial charge in [-0.25, -0.2) is 13.8 Å². The molecule has 0 radical (unpaired) electrons. The Morgan fingerprint density at radius 1 is 1.42 bits per heavy atom. The zero-order chi connectivity index (χ0) is 18.8. The Balaban J connectivity index is 1.62. The Bertz CT molecular complexity index is 817. The van der Waals surface area contributed by atoms with Gasteiger partial charge < -0.3 is 10.1 Å². The quantitative estimate of drug-likeness (QED) is 0.856. The maximum Gasteiger partial charge on any atom is 0.230 e. The van der Waals surface area contributed by atoms with E-state index in [2.05, 4.69) is 15.3 Å². The van der Waals surface area contributed by atoms with Gasteiger partial charge in [0.05, 0.1) is 11.1 Å². The lowest BCUT2D eigenvalue weighted by Crippen LogP contribution is -2.28. The van der Waals surface area contributed by atoms with E-state index >= 15 is 0 Å². The molecule has 0 spiro atoms. The number of aromatic nitrogens is 2. The molecule has 2 aromatic heterocycles. The number of hydrogen-bond donors (Lipinski definition) is 1. The number of pyridine rings is 1. The van der Waals surface area contributed by atoms with Gasteiger partial charge in [0.15, 0.2) is 16.8 Å². The third-order valence-corrected chi connectivity index (χ3v) is 4.95. The molecule has 1 saturated heterocycles. The molecule has 0 aliphatic carbocycles. The molecule has 1 fully saturated rings. The van der Waals surface area contributed by atoms with Gasteiger partial charge in [-0.15, -0.1) is 0 Å². The van der Waals surface area contributed by atoms with Gasteiger partial charge in [0.25, 0.3) is 0 Å². The van der Waals surface area contributed by atoms with Crippen LogP contribution in [0.2, 0.25) is 0 Å². The largest absolute Gasteiger partial charge is 0.473 e. The highest BCUT2D eigenvalue weighted by molar-refractivity contribution is 7.15. The van der Waals surface area contributed by atoms with Crippen molar-refractivity contribution in [2.45, 2.75) is 39.0 Å². The molecule has 1 amide bonds. The van der Waals surface area contributed by atoms with Crippen LogP contribution in [0.5, 0.6) is 5.88 Å². The number of ether oxygens (including phenoxy) is 1. The predicted octanol–water partition coefficient (Wildman–Crippen LogP) is 2.96. The summed E-state index contributed by atoms with van der Waals surface area (Å²) < 4.78 is 45.8. The van der Waals surface area contributed by atoms with E-state index in [4.69, 9.17) is 4.74 Å². The molecule has 0 saturated carbocycles. The first-order valence-electron chi connectivity index (χ1n) is 7.96. The number of carbonyl (C=O) groups excluding carboxylic acids is 1. The van der Waals surface area contributed by atoms with Gasteiger partial charge in [-0.2, -0.15) is 9.37 Å². The molecule has 1 N–H and O–H groups in total. The van der Waals surface area contributed by atoms with Crippen LogP contribution in [0.15, 0.2) is 12.3 Å². The second-order valence-corrected chi connectivity index (χ2v) is 7.19. The van der Waals surface area contributed by atoms with Crippen molar-refractivity contribution in [2.75, 3.05) is 11.9 Å². The summed E-state index contributed by atoms with van der Waals surface area (Å²) in [5.41, 5.74) is 0. The van der Waals surface area contributed by atoms with Crippen molar-refractivity contribution in [1.82, 2.24) is 14.9 Å². The predicted molar refractivity (Wildman–Crippen MR) is 89.4 cm³/mol. The van der Waals surface area contributed by atoms with Crippen LogP contribution in [0.4, 0.5) is 18.3 Å². The van der Waals surface area contributed by atoms with Crippen LogP contribution in [-0.2, 0) is 11.3 Å². The second kappa shape index (κ2) is 7.58. The number of nitrogens with one attached hydrogen (secondary N) is 1. The van der Waals surface area contributed by atoms with E-state index in [1.807, 2.05) is 11.8 Å². The van der Waals surface area contributed by atoms with Gasteiger partial charge in [-0.05, 0) is 6.92 Å². The number of thiazole rings is 1. The molecule has 10 heteroatoms. The summed E-state index contributed by atoms with van der Waals surface area (Å²) in [4.78, 5) is 20.9. The van der Waals surface area contributed by atoms with Crippen molar-refractivity contribution in [3.8, 4) is 5.88 Å². The fourth-order valence-corrected chi connectivity index (χ4v) is 3.72. The third-order valence-electron chi connectivity index (χ3n) is 4.02. The van der Waals surface area contributed by atoms with E-state index in [-0.39, 0.29) is 29.1 Å². The van der Waals surface area contributed by atoms with E-state index in [0.29, 0.717) is 24.4 Å². The van der Waals surface area contributed by atoms with E-state index in [9.17, 15) is 18.0 Å². The number of carbonyl (C=O) groups is 1. The molecule has 26 heavy (non-hydrogen) atoms. The topological polar surface area (TPSA) is 67.4 Å². The lowest BCUT2D eigenvalue weighted by molar-refractivity contribution is -0.114. The van der Waals surface area contributed by atoms with Crippen LogP contribution in [0.3, 0.4) is 0 Å². The van der Waals surface area contributed by atoms with Crippen LogP contribution >= 0.6 is 11.3 Å². The smallest absolute Gasteiger partial charge is 0.230 e. The van der Waals surface area contributed by atoms with Gasteiger partial charge >= 0.3 is 0 Å². The highest BCUT2D eigenvalue weighted by Crippen LogP contribution is 2.28. The van der Waals surface area contributed by atoms with Crippen molar-refractivity contribution in [2.24, 2.45) is 0 Å². The van der Waals surface area contributed by atoms with Crippen LogP contribution in [0.1, 0.15) is 25.1 Å². The summed E-state index contributed by atoms with van der Waals surface area (Å²) in [6.45, 7) is 4.09. The summed E-state index contributed by atoms with van der Waals surface area (Å²) in [6.07, 6.45) is 1.14. The number of amides is 1. The number of anilines is 1. The molecule has 1 aliphatic rings. The van der Waals surface area contributed by atoms with Gasteiger partial charge in [-0.3, -0.25) is 9.69 Å². The Morgan fingerprint density at radius 3 is 2.88 bits per heavy atom. The van der Waals surface area contributed by atoms with Crippen molar-refractivity contribution in [3.63, 3.8) is 0 Å². The molecule has 2 atom stereocenters. The summed E-state index contributed by atoms with van der Waals surface area (Å²) in [5.74, 6) is -2.96. The SMILES string of the molecule is CC(=O)Nc1nc(F)c(CN2CC(Oc3cc(F)c(F)cn3)C[C@@H]2C)s1. The fourth-order valence-electron chi connectivity index (χ4n) is 2.80. The molecular weight excluding hydrogens is 369 g/mol. The lowest BCUT2D eigenvalue weighted by Gasteiger charge is -2.19. The first-order chi connectivity index (χ1) is 12.3. The van der Waals surface area contributed by atoms with Gasteiger partial charge in [-0.1, -0.05) is 11.3 Å². The minimum absolute atomic E-state index is 0.0138.